The lowest BCUT2D eigenvalue weighted by Crippen LogP contribution is -2.15. The van der Waals surface area contributed by atoms with Crippen molar-refractivity contribution >= 4 is 35.0 Å². The standard InChI is InChI=1S/C14H16Cl2N2O2S/c1-9(20)6-18-11(7-19)5-17-14(18)21-8-10-2-3-12(15)13(16)4-10/h2-5,9,19-20H,6-8H2,1H3. The summed E-state index contributed by atoms with van der Waals surface area (Å²) in [6.07, 6.45) is 1.12. The lowest BCUT2D eigenvalue weighted by Gasteiger charge is -2.12. The van der Waals surface area contributed by atoms with E-state index in [4.69, 9.17) is 23.2 Å². The summed E-state index contributed by atoms with van der Waals surface area (Å²) >= 11 is 13.4. The molecule has 0 spiro atoms. The Bertz CT molecular complexity index is 617. The molecular weight excluding hydrogens is 331 g/mol. The fourth-order valence-electron chi connectivity index (χ4n) is 1.87. The van der Waals surface area contributed by atoms with Gasteiger partial charge in [0.1, 0.15) is 0 Å². The lowest BCUT2D eigenvalue weighted by atomic mass is 10.2. The highest BCUT2D eigenvalue weighted by Gasteiger charge is 2.12. The quantitative estimate of drug-likeness (QED) is 0.787. The highest BCUT2D eigenvalue weighted by Crippen LogP contribution is 2.27. The Morgan fingerprint density at radius 3 is 2.71 bits per heavy atom. The van der Waals surface area contributed by atoms with Crippen LogP contribution in [0.2, 0.25) is 10.0 Å². The van der Waals surface area contributed by atoms with Crippen molar-refractivity contribution in [2.75, 3.05) is 0 Å². The van der Waals surface area contributed by atoms with Crippen LogP contribution in [0.5, 0.6) is 0 Å². The van der Waals surface area contributed by atoms with Crippen molar-refractivity contribution in [3.63, 3.8) is 0 Å². The zero-order valence-electron chi connectivity index (χ0n) is 11.5. The summed E-state index contributed by atoms with van der Waals surface area (Å²) < 4.78 is 1.83. The molecule has 2 rings (SSSR count). The van der Waals surface area contributed by atoms with Crippen LogP contribution in [-0.4, -0.2) is 25.9 Å². The van der Waals surface area contributed by atoms with E-state index in [0.29, 0.717) is 28.0 Å². The van der Waals surface area contributed by atoms with Crippen LogP contribution in [0.3, 0.4) is 0 Å². The van der Waals surface area contributed by atoms with Gasteiger partial charge in [0.15, 0.2) is 5.16 Å². The summed E-state index contributed by atoms with van der Waals surface area (Å²) in [7, 11) is 0. The zero-order chi connectivity index (χ0) is 15.4. The SMILES string of the molecule is CC(O)Cn1c(CO)cnc1SCc1ccc(Cl)c(Cl)c1. The second-order valence-electron chi connectivity index (χ2n) is 4.69. The van der Waals surface area contributed by atoms with Crippen molar-refractivity contribution in [3.05, 3.63) is 45.7 Å². The molecule has 1 atom stereocenters. The smallest absolute Gasteiger partial charge is 0.168 e. The minimum Gasteiger partial charge on any atom is -0.392 e. The molecule has 7 heteroatoms. The van der Waals surface area contributed by atoms with E-state index < -0.39 is 6.10 Å². The van der Waals surface area contributed by atoms with E-state index >= 15 is 0 Å². The average Bonchev–Trinajstić information content (AvgIpc) is 2.81. The molecular formula is C14H16Cl2N2O2S. The molecule has 0 radical (unpaired) electrons. The number of aromatic nitrogens is 2. The van der Waals surface area contributed by atoms with Crippen LogP contribution >= 0.6 is 35.0 Å². The van der Waals surface area contributed by atoms with Gasteiger partial charge >= 0.3 is 0 Å². The number of benzene rings is 1. The Labute approximate surface area is 137 Å². The van der Waals surface area contributed by atoms with Crippen LogP contribution in [0, 0.1) is 0 Å². The molecule has 0 aliphatic rings. The molecule has 114 valence electrons. The maximum Gasteiger partial charge on any atom is 0.168 e. The Morgan fingerprint density at radius 1 is 1.33 bits per heavy atom. The summed E-state index contributed by atoms with van der Waals surface area (Å²) in [5, 5.41) is 20.7. The van der Waals surface area contributed by atoms with Crippen LogP contribution in [0.1, 0.15) is 18.2 Å². The number of aliphatic hydroxyl groups excluding tert-OH is 2. The van der Waals surface area contributed by atoms with Gasteiger partial charge in [-0.1, -0.05) is 41.0 Å². The normalized spacial score (nSPS) is 12.6. The third-order valence-electron chi connectivity index (χ3n) is 2.86. The van der Waals surface area contributed by atoms with Crippen molar-refractivity contribution < 1.29 is 10.2 Å². The Balaban J connectivity index is 2.12. The predicted molar refractivity (Wildman–Crippen MR) is 85.9 cm³/mol. The maximum atomic E-state index is 9.55. The molecule has 0 bridgehead atoms. The van der Waals surface area contributed by atoms with E-state index in [1.807, 2.05) is 16.7 Å². The molecule has 0 fully saturated rings. The van der Waals surface area contributed by atoms with Crippen LogP contribution in [0.15, 0.2) is 29.6 Å². The number of nitrogens with zero attached hydrogens (tertiary/aromatic N) is 2. The number of hydrogen-bond acceptors (Lipinski definition) is 4. The van der Waals surface area contributed by atoms with E-state index in [2.05, 4.69) is 4.98 Å². The number of aliphatic hydroxyl groups is 2. The van der Waals surface area contributed by atoms with Gasteiger partial charge in [0.25, 0.3) is 0 Å². The van der Waals surface area contributed by atoms with Crippen molar-refractivity contribution in [3.8, 4) is 0 Å². The molecule has 21 heavy (non-hydrogen) atoms. The summed E-state index contributed by atoms with van der Waals surface area (Å²) in [5.41, 5.74) is 1.72. The molecule has 1 aromatic carbocycles. The topological polar surface area (TPSA) is 58.3 Å². The van der Waals surface area contributed by atoms with Gasteiger partial charge in [-0.15, -0.1) is 0 Å². The fraction of sp³-hybridized carbons (Fsp3) is 0.357. The molecule has 4 nitrogen and oxygen atoms in total. The van der Waals surface area contributed by atoms with Crippen molar-refractivity contribution in [1.82, 2.24) is 9.55 Å². The second-order valence-corrected chi connectivity index (χ2v) is 6.44. The molecule has 2 aromatic rings. The third kappa shape index (κ3) is 4.37. The Kier molecular flexibility index (Phi) is 5.96. The highest BCUT2D eigenvalue weighted by molar-refractivity contribution is 7.98. The monoisotopic (exact) mass is 346 g/mol. The zero-order valence-corrected chi connectivity index (χ0v) is 13.8. The predicted octanol–water partition coefficient (Wildman–Crippen LogP) is 3.36. The van der Waals surface area contributed by atoms with Gasteiger partial charge in [-0.05, 0) is 24.6 Å². The van der Waals surface area contributed by atoms with Gasteiger partial charge in [-0.25, -0.2) is 4.98 Å². The van der Waals surface area contributed by atoms with Gasteiger partial charge in [-0.2, -0.15) is 0 Å². The van der Waals surface area contributed by atoms with Crippen molar-refractivity contribution in [2.24, 2.45) is 0 Å². The minimum absolute atomic E-state index is 0.104. The number of hydrogen-bond donors (Lipinski definition) is 2. The van der Waals surface area contributed by atoms with Crippen LogP contribution in [0.4, 0.5) is 0 Å². The molecule has 0 aliphatic carbocycles. The molecule has 0 saturated heterocycles. The first kappa shape index (κ1) is 16.6. The minimum atomic E-state index is -0.506. The molecule has 0 saturated carbocycles. The van der Waals surface area contributed by atoms with Crippen LogP contribution in [0.25, 0.3) is 0 Å². The molecule has 2 N–H and O–H groups in total. The Hall–Kier alpha value is -0.720. The lowest BCUT2D eigenvalue weighted by molar-refractivity contribution is 0.165. The van der Waals surface area contributed by atoms with Gasteiger partial charge in [0.05, 0.1) is 41.2 Å². The van der Waals surface area contributed by atoms with E-state index in [1.54, 1.807) is 19.2 Å². The molecule has 1 unspecified atom stereocenters. The fourth-order valence-corrected chi connectivity index (χ4v) is 3.14. The van der Waals surface area contributed by atoms with Gasteiger partial charge in [0.2, 0.25) is 0 Å². The van der Waals surface area contributed by atoms with Crippen molar-refractivity contribution in [2.45, 2.75) is 37.1 Å². The van der Waals surface area contributed by atoms with E-state index in [0.717, 1.165) is 10.7 Å². The number of halogens is 2. The van der Waals surface area contributed by atoms with Gasteiger partial charge in [-0.3, -0.25) is 0 Å². The first-order chi connectivity index (χ1) is 10.0. The molecule has 0 aliphatic heterocycles. The first-order valence-electron chi connectivity index (χ1n) is 6.41. The third-order valence-corrected chi connectivity index (χ3v) is 4.66. The largest absolute Gasteiger partial charge is 0.392 e. The van der Waals surface area contributed by atoms with E-state index in [1.165, 1.54) is 11.8 Å². The number of rotatable bonds is 6. The maximum absolute atomic E-state index is 9.55. The van der Waals surface area contributed by atoms with Gasteiger partial charge < -0.3 is 14.8 Å². The molecule has 1 heterocycles. The second kappa shape index (κ2) is 7.51. The average molecular weight is 347 g/mol. The van der Waals surface area contributed by atoms with Gasteiger partial charge in [0, 0.05) is 5.75 Å². The Morgan fingerprint density at radius 2 is 2.10 bits per heavy atom. The first-order valence-corrected chi connectivity index (χ1v) is 8.15. The molecule has 1 aromatic heterocycles. The van der Waals surface area contributed by atoms with E-state index in [-0.39, 0.29) is 6.61 Å². The summed E-state index contributed by atoms with van der Waals surface area (Å²) in [6.45, 7) is 2.00. The van der Waals surface area contributed by atoms with Crippen LogP contribution in [-0.2, 0) is 18.9 Å². The number of imidazole rings is 1. The highest BCUT2D eigenvalue weighted by atomic mass is 35.5. The van der Waals surface area contributed by atoms with Crippen LogP contribution < -0.4 is 0 Å². The number of thioether (sulfide) groups is 1. The summed E-state index contributed by atoms with van der Waals surface area (Å²) in [5.74, 6) is 0.679. The van der Waals surface area contributed by atoms with Crippen molar-refractivity contribution in [1.29, 1.82) is 0 Å². The summed E-state index contributed by atoms with van der Waals surface area (Å²) in [6, 6.07) is 5.50. The summed E-state index contributed by atoms with van der Waals surface area (Å²) in [4.78, 5) is 4.29. The van der Waals surface area contributed by atoms with E-state index in [9.17, 15) is 10.2 Å². The molecule has 0 amide bonds.